The molecule has 17 heteroatoms. The van der Waals surface area contributed by atoms with E-state index in [2.05, 4.69) is 26.6 Å². The number of ketones is 1. The number of hydrogen-bond acceptors (Lipinski definition) is 12. The zero-order chi connectivity index (χ0) is 46.8. The molecule has 17 nitrogen and oxygen atoms in total. The number of likely N-dealkylation sites (tertiary alicyclic amines) is 2. The molecule has 2 aliphatic heterocycles. The molecular formula is C47H71N7O10. The number of carbonyl (C=O) groups excluding carboxylic acids is 6. The van der Waals surface area contributed by atoms with E-state index in [0.717, 1.165) is 32.1 Å². The monoisotopic (exact) mass is 894 g/mol. The molecule has 0 aliphatic carbocycles. The summed E-state index contributed by atoms with van der Waals surface area (Å²) >= 11 is 0. The summed E-state index contributed by atoms with van der Waals surface area (Å²) in [6, 6.07) is 7.36. The minimum absolute atomic E-state index is 0.128. The van der Waals surface area contributed by atoms with E-state index in [1.165, 1.54) is 28.4 Å². The van der Waals surface area contributed by atoms with Gasteiger partial charge in [0.1, 0.15) is 46.2 Å². The first-order valence-corrected chi connectivity index (χ1v) is 22.6. The average molecular weight is 894 g/mol. The van der Waals surface area contributed by atoms with Gasteiger partial charge in [0, 0.05) is 38.1 Å². The molecule has 0 saturated carbocycles. The lowest BCUT2D eigenvalue weighted by Gasteiger charge is -2.30. The van der Waals surface area contributed by atoms with Crippen LogP contribution in [0.4, 0.5) is 0 Å². The van der Waals surface area contributed by atoms with E-state index in [1.807, 2.05) is 4.90 Å². The Kier molecular flexibility index (Phi) is 20.6. The molecule has 0 radical (unpaired) electrons. The van der Waals surface area contributed by atoms with Crippen molar-refractivity contribution in [3.05, 3.63) is 47.5 Å². The Morgan fingerprint density at radius 2 is 1.05 bits per heavy atom. The highest BCUT2D eigenvalue weighted by molar-refractivity contribution is 6.01. The van der Waals surface area contributed by atoms with Crippen molar-refractivity contribution in [1.82, 2.24) is 36.4 Å². The molecule has 2 aromatic carbocycles. The molecule has 2 aromatic rings. The molecule has 6 atom stereocenters. The van der Waals surface area contributed by atoms with E-state index < -0.39 is 24.2 Å². The number of rotatable bonds is 26. The molecule has 5 amide bonds. The van der Waals surface area contributed by atoms with Crippen molar-refractivity contribution in [3.8, 4) is 23.0 Å². The Labute approximate surface area is 378 Å². The van der Waals surface area contributed by atoms with Crippen LogP contribution >= 0.6 is 0 Å². The zero-order valence-electron chi connectivity index (χ0n) is 39.0. The molecule has 4 rings (SSSR count). The highest BCUT2D eigenvalue weighted by atomic mass is 16.5. The summed E-state index contributed by atoms with van der Waals surface area (Å²) in [5.74, 6) is 0.202. The maximum absolute atomic E-state index is 14.2. The standard InChI is InChI=1S/C47H71N7O10/c1-30(48-3)43(56)51-34(46(59)53-27-15-17-32(53)25-26-36(55)41-37(61-5)21-13-22-38(41)62-6)19-11-9-10-12-20-35(52-44(57)31(2)49-4)47(60)54-28-16-18-33(54)29-50-45(58)42-39(63-7)23-14-24-40(42)64-8/h13-14,21-24,30-35,48-49H,9-12,15-20,25-29H2,1-8H3,(H,50,58)(H,51,56)(H,52,57)/t30-,31-,32-,33-,34-,35-/m0/s1. The third-order valence-electron chi connectivity index (χ3n) is 12.5. The molecule has 5 N–H and O–H groups in total. The second-order valence-corrected chi connectivity index (χ2v) is 16.5. The van der Waals surface area contributed by atoms with E-state index in [9.17, 15) is 28.8 Å². The van der Waals surface area contributed by atoms with Gasteiger partial charge in [-0.2, -0.15) is 0 Å². The summed E-state index contributed by atoms with van der Waals surface area (Å²) in [6.45, 7) is 4.73. The Hall–Kier alpha value is -5.42. The van der Waals surface area contributed by atoms with Gasteiger partial charge in [0.15, 0.2) is 5.78 Å². The Balaban J connectivity index is 1.36. The molecule has 2 saturated heterocycles. The number of hydrogen-bond donors (Lipinski definition) is 5. The highest BCUT2D eigenvalue weighted by Gasteiger charge is 2.36. The molecule has 0 aromatic heterocycles. The molecule has 64 heavy (non-hydrogen) atoms. The second kappa shape index (κ2) is 25.8. The van der Waals surface area contributed by atoms with Gasteiger partial charge in [-0.1, -0.05) is 37.8 Å². The van der Waals surface area contributed by atoms with Crippen LogP contribution in [-0.2, 0) is 19.2 Å². The van der Waals surface area contributed by atoms with E-state index in [4.69, 9.17) is 18.9 Å². The van der Waals surface area contributed by atoms with Crippen LogP contribution in [0.3, 0.4) is 0 Å². The lowest BCUT2D eigenvalue weighted by Crippen LogP contribution is -2.54. The predicted octanol–water partition coefficient (Wildman–Crippen LogP) is 3.62. The van der Waals surface area contributed by atoms with Crippen LogP contribution in [-0.4, -0.2) is 144 Å². The van der Waals surface area contributed by atoms with Gasteiger partial charge >= 0.3 is 0 Å². The minimum Gasteiger partial charge on any atom is -0.496 e. The number of nitrogens with zero attached hydrogens (tertiary/aromatic N) is 2. The fourth-order valence-electron chi connectivity index (χ4n) is 8.51. The van der Waals surface area contributed by atoms with Gasteiger partial charge in [0.25, 0.3) is 5.91 Å². The first kappa shape index (κ1) is 51.2. The van der Waals surface area contributed by atoms with Crippen LogP contribution in [0.15, 0.2) is 36.4 Å². The SMILES string of the molecule is CN[C@@H](C)C(=O)N[C@@H](CCCCCC[C@H](NC(=O)[C@H](C)NC)C(=O)N1CCC[C@H]1CNC(=O)c1c(OC)cccc1OC)C(=O)N1CCC[C@H]1CCC(=O)c1c(OC)cccc1OC. The van der Waals surface area contributed by atoms with Crippen molar-refractivity contribution in [2.24, 2.45) is 0 Å². The molecule has 2 fully saturated rings. The quantitative estimate of drug-likeness (QED) is 0.0679. The lowest BCUT2D eigenvalue weighted by molar-refractivity contribution is -0.138. The van der Waals surface area contributed by atoms with Crippen LogP contribution in [0.1, 0.15) is 112 Å². The van der Waals surface area contributed by atoms with Crippen LogP contribution < -0.4 is 45.5 Å². The van der Waals surface area contributed by atoms with Gasteiger partial charge in [-0.15, -0.1) is 0 Å². The minimum atomic E-state index is -0.770. The normalized spacial score (nSPS) is 17.8. The van der Waals surface area contributed by atoms with Crippen molar-refractivity contribution in [3.63, 3.8) is 0 Å². The van der Waals surface area contributed by atoms with E-state index in [1.54, 1.807) is 69.2 Å². The zero-order valence-corrected chi connectivity index (χ0v) is 39.0. The fraction of sp³-hybridized carbons (Fsp3) is 0.617. The largest absolute Gasteiger partial charge is 0.496 e. The summed E-state index contributed by atoms with van der Waals surface area (Å²) in [6.07, 6.45) is 7.22. The number of carbonyl (C=O) groups is 6. The number of benzene rings is 2. The molecule has 354 valence electrons. The molecular weight excluding hydrogens is 823 g/mol. The van der Waals surface area contributed by atoms with Gasteiger partial charge in [-0.3, -0.25) is 28.8 Å². The molecule has 0 bridgehead atoms. The topological polar surface area (TPSA) is 206 Å². The van der Waals surface area contributed by atoms with Crippen LogP contribution in [0.25, 0.3) is 0 Å². The second-order valence-electron chi connectivity index (χ2n) is 16.5. The van der Waals surface area contributed by atoms with Gasteiger partial charge < -0.3 is 55.3 Å². The summed E-state index contributed by atoms with van der Waals surface area (Å²) < 4.78 is 21.7. The van der Waals surface area contributed by atoms with E-state index in [-0.39, 0.29) is 65.9 Å². The number of methoxy groups -OCH3 is 4. The van der Waals surface area contributed by atoms with Gasteiger partial charge in [0.05, 0.1) is 40.5 Å². The van der Waals surface area contributed by atoms with Gasteiger partial charge in [-0.25, -0.2) is 0 Å². The van der Waals surface area contributed by atoms with Gasteiger partial charge in [-0.05, 0) is 97.2 Å². The van der Waals surface area contributed by atoms with Crippen LogP contribution in [0.5, 0.6) is 23.0 Å². The number of unbranched alkanes of at least 4 members (excludes halogenated alkanes) is 3. The number of ether oxygens (including phenoxy) is 4. The maximum atomic E-state index is 14.2. The Morgan fingerprint density at radius 3 is 1.48 bits per heavy atom. The smallest absolute Gasteiger partial charge is 0.258 e. The van der Waals surface area contributed by atoms with E-state index in [0.29, 0.717) is 80.2 Å². The highest BCUT2D eigenvalue weighted by Crippen LogP contribution is 2.32. The first-order valence-electron chi connectivity index (χ1n) is 22.6. The summed E-state index contributed by atoms with van der Waals surface area (Å²) in [5.41, 5.74) is 0.657. The molecule has 0 spiro atoms. The number of Topliss-reactive ketones (excluding diaryl/α,β-unsaturated/α-hetero) is 1. The van der Waals surface area contributed by atoms with Crippen molar-refractivity contribution < 1.29 is 47.7 Å². The molecule has 2 aliphatic rings. The van der Waals surface area contributed by atoms with E-state index >= 15 is 0 Å². The van der Waals surface area contributed by atoms with Crippen molar-refractivity contribution in [2.75, 3.05) is 62.2 Å². The van der Waals surface area contributed by atoms with Crippen LogP contribution in [0, 0.1) is 0 Å². The van der Waals surface area contributed by atoms with Crippen molar-refractivity contribution in [2.45, 2.75) is 127 Å². The average Bonchev–Trinajstić information content (AvgIpc) is 4.01. The van der Waals surface area contributed by atoms with Crippen LogP contribution in [0.2, 0.25) is 0 Å². The summed E-state index contributed by atoms with van der Waals surface area (Å²) in [4.78, 5) is 85.0. The lowest BCUT2D eigenvalue weighted by atomic mass is 9.99. The third kappa shape index (κ3) is 13.5. The molecule has 2 heterocycles. The van der Waals surface area contributed by atoms with Crippen molar-refractivity contribution in [1.29, 1.82) is 0 Å². The number of nitrogens with one attached hydrogen (secondary N) is 5. The first-order chi connectivity index (χ1) is 30.8. The fourth-order valence-corrected chi connectivity index (χ4v) is 8.51. The van der Waals surface area contributed by atoms with Crippen molar-refractivity contribution >= 4 is 35.3 Å². The Bertz CT molecular complexity index is 1720. The van der Waals surface area contributed by atoms with Gasteiger partial charge in [0.2, 0.25) is 23.6 Å². The maximum Gasteiger partial charge on any atom is 0.258 e. The Morgan fingerprint density at radius 1 is 0.625 bits per heavy atom. The summed E-state index contributed by atoms with van der Waals surface area (Å²) in [7, 11) is 9.36. The third-order valence-corrected chi connectivity index (χ3v) is 12.5. The number of amides is 5. The summed E-state index contributed by atoms with van der Waals surface area (Å²) in [5, 5.41) is 14.8. The predicted molar refractivity (Wildman–Crippen MR) is 243 cm³/mol. The molecule has 0 unspecified atom stereocenters. The number of likely N-dealkylation sites (N-methyl/N-ethyl adjacent to an activating group) is 2.